The van der Waals surface area contributed by atoms with Crippen molar-refractivity contribution in [1.82, 2.24) is 0 Å². The Balaban J connectivity index is 1.32. The summed E-state index contributed by atoms with van der Waals surface area (Å²) in [5.74, 6) is -0.194. The second kappa shape index (κ2) is 9.41. The van der Waals surface area contributed by atoms with Gasteiger partial charge in [0.25, 0.3) is 0 Å². The maximum absolute atomic E-state index is 13.2. The highest BCUT2D eigenvalue weighted by Gasteiger charge is 2.40. The van der Waals surface area contributed by atoms with Crippen molar-refractivity contribution in [1.29, 1.82) is 0 Å². The Morgan fingerprint density at radius 3 is 2.31 bits per heavy atom. The standard InChI is InChI=1S/C28H27F3N2O3/c29-28(30,31)22-5-3-4-20(18-22)19-33-17-14-27(36-25-7-2-1-6-24(25)33)12-15-32(16-13-27)23-10-8-21(9-11-23)26(34)35/h1-11,18H,12-17,19H2,(H,34,35). The summed E-state index contributed by atoms with van der Waals surface area (Å²) in [7, 11) is 0. The summed E-state index contributed by atoms with van der Waals surface area (Å²) in [5.41, 5.74) is 1.73. The molecule has 1 spiro atoms. The molecule has 36 heavy (non-hydrogen) atoms. The van der Waals surface area contributed by atoms with Gasteiger partial charge in [0.15, 0.2) is 0 Å². The Morgan fingerprint density at radius 2 is 1.61 bits per heavy atom. The highest BCUT2D eigenvalue weighted by Crippen LogP contribution is 2.41. The molecule has 2 aliphatic heterocycles. The normalized spacial score (nSPS) is 17.3. The first-order valence-corrected chi connectivity index (χ1v) is 12.0. The van der Waals surface area contributed by atoms with Crippen LogP contribution in [0.1, 0.15) is 40.7 Å². The van der Waals surface area contributed by atoms with E-state index in [9.17, 15) is 18.0 Å². The average Bonchev–Trinajstić information content (AvgIpc) is 3.01. The molecule has 3 aromatic carbocycles. The fourth-order valence-corrected chi connectivity index (χ4v) is 5.12. The molecule has 1 N–H and O–H groups in total. The van der Waals surface area contributed by atoms with Crippen LogP contribution in [0.2, 0.25) is 0 Å². The van der Waals surface area contributed by atoms with E-state index in [2.05, 4.69) is 9.80 Å². The van der Waals surface area contributed by atoms with E-state index in [4.69, 9.17) is 9.84 Å². The first kappa shape index (κ1) is 24.0. The molecule has 0 unspecified atom stereocenters. The van der Waals surface area contributed by atoms with E-state index in [0.717, 1.165) is 55.5 Å². The molecule has 0 bridgehead atoms. The number of rotatable bonds is 4. The third kappa shape index (κ3) is 4.98. The SMILES string of the molecule is O=C(O)c1ccc(N2CCC3(CC2)CCN(Cc2cccc(C(F)(F)F)c2)c2ccccc2O3)cc1. The van der Waals surface area contributed by atoms with E-state index >= 15 is 0 Å². The van der Waals surface area contributed by atoms with E-state index in [1.165, 1.54) is 12.1 Å². The van der Waals surface area contributed by atoms with Crippen LogP contribution >= 0.6 is 0 Å². The van der Waals surface area contributed by atoms with Crippen LogP contribution in [0.3, 0.4) is 0 Å². The van der Waals surface area contributed by atoms with E-state index in [1.807, 2.05) is 36.4 Å². The van der Waals surface area contributed by atoms with E-state index in [0.29, 0.717) is 18.7 Å². The average molecular weight is 497 g/mol. The molecule has 0 atom stereocenters. The number of carboxylic acids is 1. The largest absolute Gasteiger partial charge is 0.485 e. The zero-order chi connectivity index (χ0) is 25.3. The smallest absolute Gasteiger partial charge is 0.416 e. The summed E-state index contributed by atoms with van der Waals surface area (Å²) in [6.07, 6.45) is -2.03. The summed E-state index contributed by atoms with van der Waals surface area (Å²) in [4.78, 5) is 15.5. The molecule has 0 saturated carbocycles. The van der Waals surface area contributed by atoms with Gasteiger partial charge in [0, 0.05) is 51.1 Å². The Kier molecular flexibility index (Phi) is 6.28. The highest BCUT2D eigenvalue weighted by molar-refractivity contribution is 5.88. The predicted octanol–water partition coefficient (Wildman–Crippen LogP) is 6.23. The predicted molar refractivity (Wildman–Crippen MR) is 132 cm³/mol. The van der Waals surface area contributed by atoms with Crippen molar-refractivity contribution in [2.24, 2.45) is 0 Å². The van der Waals surface area contributed by atoms with Gasteiger partial charge in [-0.25, -0.2) is 4.79 Å². The van der Waals surface area contributed by atoms with Crippen molar-refractivity contribution in [3.63, 3.8) is 0 Å². The number of hydrogen-bond acceptors (Lipinski definition) is 4. The van der Waals surface area contributed by atoms with Crippen LogP contribution in [0.5, 0.6) is 5.75 Å². The number of hydrogen-bond donors (Lipinski definition) is 1. The number of alkyl halides is 3. The van der Waals surface area contributed by atoms with Crippen LogP contribution in [0.15, 0.2) is 72.8 Å². The van der Waals surface area contributed by atoms with E-state index in [-0.39, 0.29) is 11.2 Å². The van der Waals surface area contributed by atoms with Crippen molar-refractivity contribution >= 4 is 17.3 Å². The van der Waals surface area contributed by atoms with Crippen LogP contribution < -0.4 is 14.5 Å². The number of para-hydroxylation sites is 2. The molecule has 2 heterocycles. The molecule has 1 fully saturated rings. The van der Waals surface area contributed by atoms with Gasteiger partial charge in [0.2, 0.25) is 0 Å². The monoisotopic (exact) mass is 496 g/mol. The third-order valence-electron chi connectivity index (χ3n) is 7.15. The lowest BCUT2D eigenvalue weighted by Crippen LogP contribution is -2.48. The lowest BCUT2D eigenvalue weighted by atomic mass is 9.87. The number of benzene rings is 3. The minimum Gasteiger partial charge on any atom is -0.485 e. The number of nitrogens with zero attached hydrogens (tertiary/aromatic N) is 2. The number of halogens is 3. The minimum atomic E-state index is -4.37. The quantitative estimate of drug-likeness (QED) is 0.464. The molecular weight excluding hydrogens is 469 g/mol. The van der Waals surface area contributed by atoms with Crippen molar-refractivity contribution in [3.05, 3.63) is 89.5 Å². The van der Waals surface area contributed by atoms with Crippen molar-refractivity contribution in [2.75, 3.05) is 29.4 Å². The number of fused-ring (bicyclic) bond motifs is 1. The summed E-state index contributed by atoms with van der Waals surface area (Å²) in [5, 5.41) is 9.14. The van der Waals surface area contributed by atoms with Gasteiger partial charge in [-0.2, -0.15) is 13.2 Å². The summed E-state index contributed by atoms with van der Waals surface area (Å²) >= 11 is 0. The van der Waals surface area contributed by atoms with E-state index < -0.39 is 17.7 Å². The van der Waals surface area contributed by atoms with Gasteiger partial charge < -0.3 is 19.6 Å². The molecule has 0 aromatic heterocycles. The van der Waals surface area contributed by atoms with E-state index in [1.54, 1.807) is 18.2 Å². The Morgan fingerprint density at radius 1 is 0.917 bits per heavy atom. The minimum absolute atomic E-state index is 0.261. The lowest BCUT2D eigenvalue weighted by Gasteiger charge is -2.42. The van der Waals surface area contributed by atoms with Crippen molar-refractivity contribution < 1.29 is 27.8 Å². The molecule has 3 aromatic rings. The maximum Gasteiger partial charge on any atom is 0.416 e. The number of carbonyl (C=O) groups is 1. The van der Waals surface area contributed by atoms with Crippen molar-refractivity contribution in [3.8, 4) is 5.75 Å². The van der Waals surface area contributed by atoms with Crippen LogP contribution in [0.4, 0.5) is 24.5 Å². The maximum atomic E-state index is 13.2. The summed E-state index contributed by atoms with van der Waals surface area (Å²) in [6.45, 7) is 2.56. The van der Waals surface area contributed by atoms with Crippen LogP contribution in [0.25, 0.3) is 0 Å². The zero-order valence-corrected chi connectivity index (χ0v) is 19.7. The topological polar surface area (TPSA) is 53.0 Å². The molecular formula is C28H27F3N2O3. The first-order chi connectivity index (χ1) is 17.2. The second-order valence-electron chi connectivity index (χ2n) is 9.46. The first-order valence-electron chi connectivity index (χ1n) is 12.0. The Bertz CT molecular complexity index is 1240. The molecule has 5 nitrogen and oxygen atoms in total. The van der Waals surface area contributed by atoms with Gasteiger partial charge in [0.1, 0.15) is 11.4 Å². The molecule has 0 aliphatic carbocycles. The van der Waals surface area contributed by atoms with Gasteiger partial charge in [0.05, 0.1) is 16.8 Å². The lowest BCUT2D eigenvalue weighted by molar-refractivity contribution is -0.137. The Labute approximate surface area is 207 Å². The molecule has 188 valence electrons. The molecule has 0 amide bonds. The van der Waals surface area contributed by atoms with Crippen LogP contribution in [0, 0.1) is 0 Å². The van der Waals surface area contributed by atoms with Gasteiger partial charge in [-0.05, 0) is 54.1 Å². The molecule has 5 rings (SSSR count). The number of piperidine rings is 1. The van der Waals surface area contributed by atoms with Gasteiger partial charge >= 0.3 is 12.1 Å². The number of carboxylic acid groups (broad SMARTS) is 1. The van der Waals surface area contributed by atoms with Gasteiger partial charge in [-0.3, -0.25) is 0 Å². The summed E-state index contributed by atoms with van der Waals surface area (Å²) < 4.78 is 46.3. The zero-order valence-electron chi connectivity index (χ0n) is 19.7. The number of aromatic carboxylic acids is 1. The summed E-state index contributed by atoms with van der Waals surface area (Å²) in [6, 6.07) is 20.1. The second-order valence-corrected chi connectivity index (χ2v) is 9.46. The van der Waals surface area contributed by atoms with Gasteiger partial charge in [-0.15, -0.1) is 0 Å². The molecule has 8 heteroatoms. The van der Waals surface area contributed by atoms with Crippen molar-refractivity contribution in [2.45, 2.75) is 37.6 Å². The molecule has 0 radical (unpaired) electrons. The fourth-order valence-electron chi connectivity index (χ4n) is 5.12. The number of anilines is 2. The highest BCUT2D eigenvalue weighted by atomic mass is 19.4. The van der Waals surface area contributed by atoms with Gasteiger partial charge in [-0.1, -0.05) is 24.3 Å². The van der Waals surface area contributed by atoms with Crippen LogP contribution in [-0.4, -0.2) is 36.3 Å². The Hall–Kier alpha value is -3.68. The molecule has 1 saturated heterocycles. The third-order valence-corrected chi connectivity index (χ3v) is 7.15. The van der Waals surface area contributed by atoms with Crippen LogP contribution in [-0.2, 0) is 12.7 Å². The molecule has 2 aliphatic rings. The number of ether oxygens (including phenoxy) is 1. The fraction of sp³-hybridized carbons (Fsp3) is 0.321.